The molecule has 4 nitrogen and oxygen atoms in total. The van der Waals surface area contributed by atoms with E-state index in [1.54, 1.807) is 38.1 Å². The Balaban J connectivity index is 1.99. The molecule has 0 saturated heterocycles. The molecule has 21 heavy (non-hydrogen) atoms. The molecule has 116 valence electrons. The monoisotopic (exact) mass is 311 g/mol. The Labute approximate surface area is 130 Å². The smallest absolute Gasteiger partial charge is 0.263 e. The number of nitrogens with one attached hydrogen (secondary N) is 1. The third kappa shape index (κ3) is 3.33. The SMILES string of the molecule is CC(C)(Oc1ccc(Cl)cc1)C(=O)NC1CC(O)C1(C)C. The number of hydrogen-bond acceptors (Lipinski definition) is 3. The zero-order valence-electron chi connectivity index (χ0n) is 12.8. The summed E-state index contributed by atoms with van der Waals surface area (Å²) in [4.78, 5) is 12.4. The minimum absolute atomic E-state index is 0.0342. The van der Waals surface area contributed by atoms with Crippen LogP contribution in [0.3, 0.4) is 0 Å². The molecule has 2 rings (SSSR count). The van der Waals surface area contributed by atoms with E-state index in [1.165, 1.54) is 0 Å². The van der Waals surface area contributed by atoms with Gasteiger partial charge in [-0.1, -0.05) is 25.4 Å². The van der Waals surface area contributed by atoms with Gasteiger partial charge < -0.3 is 15.2 Å². The summed E-state index contributed by atoms with van der Waals surface area (Å²) in [5.41, 5.74) is -1.30. The number of benzene rings is 1. The van der Waals surface area contributed by atoms with Gasteiger partial charge >= 0.3 is 0 Å². The van der Waals surface area contributed by atoms with Gasteiger partial charge in [-0.15, -0.1) is 0 Å². The number of aliphatic hydroxyl groups is 1. The summed E-state index contributed by atoms with van der Waals surface area (Å²) in [6.45, 7) is 7.33. The van der Waals surface area contributed by atoms with Crippen molar-refractivity contribution >= 4 is 17.5 Å². The highest BCUT2D eigenvalue weighted by Gasteiger charge is 2.49. The highest BCUT2D eigenvalue weighted by molar-refractivity contribution is 6.30. The van der Waals surface area contributed by atoms with E-state index in [1.807, 2.05) is 13.8 Å². The summed E-state index contributed by atoms with van der Waals surface area (Å²) >= 11 is 5.83. The number of carbonyl (C=O) groups is 1. The van der Waals surface area contributed by atoms with Crippen molar-refractivity contribution < 1.29 is 14.6 Å². The van der Waals surface area contributed by atoms with Crippen molar-refractivity contribution in [1.29, 1.82) is 0 Å². The minimum atomic E-state index is -0.996. The van der Waals surface area contributed by atoms with Gasteiger partial charge in [-0.25, -0.2) is 0 Å². The van der Waals surface area contributed by atoms with Crippen molar-refractivity contribution in [3.8, 4) is 5.75 Å². The molecule has 0 bridgehead atoms. The van der Waals surface area contributed by atoms with Crippen LogP contribution in [-0.2, 0) is 4.79 Å². The van der Waals surface area contributed by atoms with Gasteiger partial charge in [-0.3, -0.25) is 4.79 Å². The summed E-state index contributed by atoms with van der Waals surface area (Å²) in [5.74, 6) is 0.398. The van der Waals surface area contributed by atoms with Crippen LogP contribution in [0.1, 0.15) is 34.1 Å². The Morgan fingerprint density at radius 1 is 1.38 bits per heavy atom. The fraction of sp³-hybridized carbons (Fsp3) is 0.562. The van der Waals surface area contributed by atoms with Gasteiger partial charge in [0.05, 0.1) is 6.10 Å². The zero-order valence-corrected chi connectivity index (χ0v) is 13.6. The molecule has 1 aliphatic carbocycles. The molecule has 0 aromatic heterocycles. The molecule has 0 spiro atoms. The molecule has 1 aliphatic rings. The van der Waals surface area contributed by atoms with Gasteiger partial charge in [0.15, 0.2) is 5.60 Å². The van der Waals surface area contributed by atoms with Gasteiger partial charge in [-0.05, 0) is 44.5 Å². The van der Waals surface area contributed by atoms with Crippen molar-refractivity contribution in [2.75, 3.05) is 0 Å². The maximum atomic E-state index is 12.4. The Kier molecular flexibility index (Phi) is 4.22. The first-order valence-corrected chi connectivity index (χ1v) is 7.44. The van der Waals surface area contributed by atoms with E-state index in [0.717, 1.165) is 0 Å². The third-order valence-electron chi connectivity index (χ3n) is 4.25. The summed E-state index contributed by atoms with van der Waals surface area (Å²) in [6.07, 6.45) is 0.207. The van der Waals surface area contributed by atoms with Gasteiger partial charge in [0.2, 0.25) is 0 Å². The Hall–Kier alpha value is -1.26. The van der Waals surface area contributed by atoms with Gasteiger partial charge in [0.25, 0.3) is 5.91 Å². The maximum absolute atomic E-state index is 12.4. The van der Waals surface area contributed by atoms with Crippen LogP contribution in [0.4, 0.5) is 0 Å². The Bertz CT molecular complexity index is 525. The second-order valence-electron chi connectivity index (χ2n) is 6.67. The number of rotatable bonds is 4. The molecular formula is C16H22ClNO3. The van der Waals surface area contributed by atoms with Crippen LogP contribution in [-0.4, -0.2) is 28.8 Å². The molecule has 1 saturated carbocycles. The lowest BCUT2D eigenvalue weighted by Crippen LogP contribution is -2.64. The number of amides is 1. The van der Waals surface area contributed by atoms with Crippen molar-refractivity contribution in [2.24, 2.45) is 5.41 Å². The van der Waals surface area contributed by atoms with E-state index in [4.69, 9.17) is 16.3 Å². The van der Waals surface area contributed by atoms with Crippen molar-refractivity contribution in [3.05, 3.63) is 29.3 Å². The van der Waals surface area contributed by atoms with Gasteiger partial charge in [-0.2, -0.15) is 0 Å². The normalized spacial score (nSPS) is 24.1. The van der Waals surface area contributed by atoms with Crippen LogP contribution < -0.4 is 10.1 Å². The lowest BCUT2D eigenvalue weighted by atomic mass is 9.64. The molecule has 2 unspecified atom stereocenters. The van der Waals surface area contributed by atoms with Crippen LogP contribution in [0.15, 0.2) is 24.3 Å². The second-order valence-corrected chi connectivity index (χ2v) is 7.10. The molecule has 2 atom stereocenters. The number of ether oxygens (including phenoxy) is 1. The second kappa shape index (κ2) is 5.50. The number of halogens is 1. The molecule has 1 amide bonds. The topological polar surface area (TPSA) is 58.6 Å². The first-order chi connectivity index (χ1) is 9.63. The van der Waals surface area contributed by atoms with Crippen LogP contribution in [0, 0.1) is 5.41 Å². The number of aliphatic hydroxyl groups excluding tert-OH is 1. The van der Waals surface area contributed by atoms with E-state index in [2.05, 4.69) is 5.32 Å². The average Bonchev–Trinajstić information content (AvgIpc) is 2.40. The largest absolute Gasteiger partial charge is 0.478 e. The standard InChI is InChI=1S/C16H22ClNO3/c1-15(2)12(9-13(15)19)18-14(20)16(3,4)21-11-7-5-10(17)6-8-11/h5-8,12-13,19H,9H2,1-4H3,(H,18,20). The quantitative estimate of drug-likeness (QED) is 0.899. The fourth-order valence-electron chi connectivity index (χ4n) is 2.32. The number of carbonyl (C=O) groups excluding carboxylic acids is 1. The molecule has 0 heterocycles. The summed E-state index contributed by atoms with van der Waals surface area (Å²) in [5, 5.41) is 13.3. The first-order valence-electron chi connectivity index (χ1n) is 7.06. The predicted molar refractivity (Wildman–Crippen MR) is 82.5 cm³/mol. The first kappa shape index (κ1) is 16.1. The third-order valence-corrected chi connectivity index (χ3v) is 4.51. The van der Waals surface area contributed by atoms with E-state index in [0.29, 0.717) is 17.2 Å². The molecule has 1 fully saturated rings. The van der Waals surface area contributed by atoms with E-state index >= 15 is 0 Å². The minimum Gasteiger partial charge on any atom is -0.478 e. The van der Waals surface area contributed by atoms with E-state index < -0.39 is 5.60 Å². The summed E-state index contributed by atoms with van der Waals surface area (Å²) in [6, 6.07) is 6.86. The number of hydrogen-bond donors (Lipinski definition) is 2. The summed E-state index contributed by atoms with van der Waals surface area (Å²) in [7, 11) is 0. The van der Waals surface area contributed by atoms with Gasteiger partial charge in [0.1, 0.15) is 5.75 Å². The van der Waals surface area contributed by atoms with Crippen molar-refractivity contribution in [3.63, 3.8) is 0 Å². The van der Waals surface area contributed by atoms with Crippen LogP contribution in [0.5, 0.6) is 5.75 Å². The van der Waals surface area contributed by atoms with Crippen LogP contribution >= 0.6 is 11.6 Å². The van der Waals surface area contributed by atoms with Crippen LogP contribution in [0.25, 0.3) is 0 Å². The molecule has 1 aromatic rings. The molecular weight excluding hydrogens is 290 g/mol. The van der Waals surface area contributed by atoms with Crippen LogP contribution in [0.2, 0.25) is 5.02 Å². The fourth-order valence-corrected chi connectivity index (χ4v) is 2.45. The maximum Gasteiger partial charge on any atom is 0.263 e. The van der Waals surface area contributed by atoms with Crippen molar-refractivity contribution in [2.45, 2.75) is 51.9 Å². The lowest BCUT2D eigenvalue weighted by Gasteiger charge is -2.50. The summed E-state index contributed by atoms with van der Waals surface area (Å²) < 4.78 is 5.75. The molecule has 5 heteroatoms. The molecule has 1 aromatic carbocycles. The molecule has 0 radical (unpaired) electrons. The molecule has 0 aliphatic heterocycles. The lowest BCUT2D eigenvalue weighted by molar-refractivity contribution is -0.141. The predicted octanol–water partition coefficient (Wildman–Crippen LogP) is 2.77. The van der Waals surface area contributed by atoms with E-state index in [9.17, 15) is 9.90 Å². The molecule has 2 N–H and O–H groups in total. The zero-order chi connectivity index (χ0) is 15.8. The average molecular weight is 312 g/mol. The Morgan fingerprint density at radius 2 is 1.95 bits per heavy atom. The Morgan fingerprint density at radius 3 is 2.43 bits per heavy atom. The highest BCUT2D eigenvalue weighted by Crippen LogP contribution is 2.40. The van der Waals surface area contributed by atoms with Crippen molar-refractivity contribution in [1.82, 2.24) is 5.32 Å². The highest BCUT2D eigenvalue weighted by atomic mass is 35.5. The van der Waals surface area contributed by atoms with Gasteiger partial charge in [0, 0.05) is 16.5 Å². The van der Waals surface area contributed by atoms with E-state index in [-0.39, 0.29) is 23.5 Å².